The molecule has 0 aliphatic rings. The Balaban J connectivity index is 2.51. The van der Waals surface area contributed by atoms with Crippen LogP contribution in [-0.2, 0) is 16.0 Å². The van der Waals surface area contributed by atoms with Gasteiger partial charge in [-0.3, -0.25) is 4.79 Å². The Morgan fingerprint density at radius 2 is 2.12 bits per heavy atom. The van der Waals surface area contributed by atoms with Crippen molar-refractivity contribution in [2.24, 2.45) is 5.73 Å². The van der Waals surface area contributed by atoms with Crippen LogP contribution >= 0.6 is 0 Å². The summed E-state index contributed by atoms with van der Waals surface area (Å²) in [4.78, 5) is 11.2. The number of aromatic hydroxyl groups is 1. The average Bonchev–Trinajstić information content (AvgIpc) is 2.29. The van der Waals surface area contributed by atoms with Gasteiger partial charge in [0.1, 0.15) is 17.9 Å². The molecular formula is C11H12N2O3. The van der Waals surface area contributed by atoms with Gasteiger partial charge in [0, 0.05) is 0 Å². The van der Waals surface area contributed by atoms with Crippen LogP contribution in [0.15, 0.2) is 24.3 Å². The van der Waals surface area contributed by atoms with Crippen molar-refractivity contribution in [3.8, 4) is 11.8 Å². The highest BCUT2D eigenvalue weighted by molar-refractivity contribution is 5.76. The van der Waals surface area contributed by atoms with E-state index in [4.69, 9.17) is 16.1 Å². The first-order valence-corrected chi connectivity index (χ1v) is 4.70. The number of hydrogen-bond donors (Lipinski definition) is 2. The van der Waals surface area contributed by atoms with Crippen LogP contribution in [0.25, 0.3) is 0 Å². The van der Waals surface area contributed by atoms with E-state index in [1.807, 2.05) is 0 Å². The molecule has 0 amide bonds. The molecule has 0 aromatic heterocycles. The summed E-state index contributed by atoms with van der Waals surface area (Å²) in [5, 5.41) is 17.3. The monoisotopic (exact) mass is 220 g/mol. The number of nitrogens with zero attached hydrogens (tertiary/aromatic N) is 1. The van der Waals surface area contributed by atoms with Crippen LogP contribution in [0.3, 0.4) is 0 Å². The molecule has 0 fully saturated rings. The standard InChI is InChI=1S/C11H12N2O3/c12-5-6-16-11(15)10(13)7-8-1-3-9(14)4-2-8/h1-4,10,14H,6-7,13H2/t10-/m1/s1. The number of phenolic OH excluding ortho intramolecular Hbond substituents is 1. The molecule has 0 saturated carbocycles. The molecule has 0 aliphatic heterocycles. The van der Waals surface area contributed by atoms with Gasteiger partial charge in [0.2, 0.25) is 0 Å². The topological polar surface area (TPSA) is 96.3 Å². The number of carbonyl (C=O) groups excluding carboxylic acids is 1. The van der Waals surface area contributed by atoms with E-state index in [0.29, 0.717) is 6.42 Å². The van der Waals surface area contributed by atoms with Crippen LogP contribution < -0.4 is 5.73 Å². The van der Waals surface area contributed by atoms with Gasteiger partial charge in [-0.1, -0.05) is 12.1 Å². The molecule has 5 nitrogen and oxygen atoms in total. The van der Waals surface area contributed by atoms with Crippen LogP contribution in [0.4, 0.5) is 0 Å². The first kappa shape index (κ1) is 12.0. The summed E-state index contributed by atoms with van der Waals surface area (Å²) in [7, 11) is 0. The number of benzene rings is 1. The largest absolute Gasteiger partial charge is 0.508 e. The minimum atomic E-state index is -0.794. The SMILES string of the molecule is N#CCOC(=O)[C@H](N)Cc1ccc(O)cc1. The fourth-order valence-corrected chi connectivity index (χ4v) is 1.18. The smallest absolute Gasteiger partial charge is 0.324 e. The number of nitrogens with two attached hydrogens (primary N) is 1. The Kier molecular flexibility index (Phi) is 4.30. The number of nitriles is 1. The quantitative estimate of drug-likeness (QED) is 0.713. The van der Waals surface area contributed by atoms with Gasteiger partial charge in [-0.25, -0.2) is 0 Å². The lowest BCUT2D eigenvalue weighted by Gasteiger charge is -2.09. The van der Waals surface area contributed by atoms with Crippen molar-refractivity contribution in [1.29, 1.82) is 5.26 Å². The molecule has 3 N–H and O–H groups in total. The summed E-state index contributed by atoms with van der Waals surface area (Å²) in [6.07, 6.45) is 0.310. The van der Waals surface area contributed by atoms with Gasteiger partial charge in [0.15, 0.2) is 6.61 Å². The molecule has 16 heavy (non-hydrogen) atoms. The molecule has 0 aliphatic carbocycles. The predicted molar refractivity (Wildman–Crippen MR) is 56.4 cm³/mol. The van der Waals surface area contributed by atoms with Crippen LogP contribution in [0.5, 0.6) is 5.75 Å². The molecule has 0 heterocycles. The molecule has 0 spiro atoms. The molecule has 1 rings (SSSR count). The molecule has 0 radical (unpaired) electrons. The fourth-order valence-electron chi connectivity index (χ4n) is 1.18. The van der Waals surface area contributed by atoms with Gasteiger partial charge in [-0.2, -0.15) is 5.26 Å². The van der Waals surface area contributed by atoms with Crippen molar-refractivity contribution in [2.45, 2.75) is 12.5 Å². The maximum absolute atomic E-state index is 11.2. The minimum Gasteiger partial charge on any atom is -0.508 e. The zero-order chi connectivity index (χ0) is 12.0. The number of esters is 1. The van der Waals surface area contributed by atoms with Crippen LogP contribution in [0.2, 0.25) is 0 Å². The Bertz CT molecular complexity index is 395. The highest BCUT2D eigenvalue weighted by atomic mass is 16.5. The number of phenols is 1. The van der Waals surface area contributed by atoms with Gasteiger partial charge in [0.05, 0.1) is 0 Å². The van der Waals surface area contributed by atoms with Crippen molar-refractivity contribution in [3.63, 3.8) is 0 Å². The Labute approximate surface area is 93.1 Å². The maximum atomic E-state index is 11.2. The van der Waals surface area contributed by atoms with E-state index >= 15 is 0 Å². The number of carbonyl (C=O) groups is 1. The second kappa shape index (κ2) is 5.73. The van der Waals surface area contributed by atoms with E-state index in [1.54, 1.807) is 18.2 Å². The van der Waals surface area contributed by atoms with Gasteiger partial charge < -0.3 is 15.6 Å². The molecule has 0 bridgehead atoms. The van der Waals surface area contributed by atoms with Crippen molar-refractivity contribution < 1.29 is 14.6 Å². The lowest BCUT2D eigenvalue weighted by atomic mass is 10.1. The molecule has 5 heteroatoms. The fraction of sp³-hybridized carbons (Fsp3) is 0.273. The van der Waals surface area contributed by atoms with Gasteiger partial charge in [0.25, 0.3) is 0 Å². The van der Waals surface area contributed by atoms with Crippen molar-refractivity contribution in [3.05, 3.63) is 29.8 Å². The molecule has 1 aromatic rings. The Hall–Kier alpha value is -2.06. The molecule has 1 atom stereocenters. The van der Waals surface area contributed by atoms with Crippen molar-refractivity contribution in [2.75, 3.05) is 6.61 Å². The third-order valence-corrected chi connectivity index (χ3v) is 1.97. The number of ether oxygens (including phenoxy) is 1. The highest BCUT2D eigenvalue weighted by Crippen LogP contribution is 2.11. The van der Waals surface area contributed by atoms with Crippen LogP contribution in [0.1, 0.15) is 5.56 Å². The first-order valence-electron chi connectivity index (χ1n) is 4.70. The second-order valence-electron chi connectivity index (χ2n) is 3.24. The lowest BCUT2D eigenvalue weighted by Crippen LogP contribution is -2.34. The third kappa shape index (κ3) is 3.59. The second-order valence-corrected chi connectivity index (χ2v) is 3.24. The number of rotatable bonds is 4. The summed E-state index contributed by atoms with van der Waals surface area (Å²) < 4.78 is 4.57. The van der Waals surface area contributed by atoms with E-state index in [2.05, 4.69) is 4.74 Å². The van der Waals surface area contributed by atoms with E-state index in [9.17, 15) is 4.79 Å². The van der Waals surface area contributed by atoms with E-state index in [0.717, 1.165) is 5.56 Å². The summed E-state index contributed by atoms with van der Waals surface area (Å²) in [5.41, 5.74) is 6.40. The molecule has 84 valence electrons. The summed E-state index contributed by atoms with van der Waals surface area (Å²) in [5.74, 6) is -0.445. The average molecular weight is 220 g/mol. The number of hydrogen-bond acceptors (Lipinski definition) is 5. The highest BCUT2D eigenvalue weighted by Gasteiger charge is 2.15. The summed E-state index contributed by atoms with van der Waals surface area (Å²) in [6, 6.07) is 7.28. The zero-order valence-corrected chi connectivity index (χ0v) is 8.59. The van der Waals surface area contributed by atoms with Crippen LogP contribution in [-0.4, -0.2) is 23.7 Å². The summed E-state index contributed by atoms with van der Waals surface area (Å²) in [6.45, 7) is -0.290. The van der Waals surface area contributed by atoms with Gasteiger partial charge in [-0.15, -0.1) is 0 Å². The third-order valence-electron chi connectivity index (χ3n) is 1.97. The van der Waals surface area contributed by atoms with Crippen LogP contribution in [0, 0.1) is 11.3 Å². The van der Waals surface area contributed by atoms with Gasteiger partial charge >= 0.3 is 5.97 Å². The van der Waals surface area contributed by atoms with E-state index in [-0.39, 0.29) is 12.4 Å². The first-order chi connectivity index (χ1) is 7.63. The zero-order valence-electron chi connectivity index (χ0n) is 8.59. The van der Waals surface area contributed by atoms with E-state index < -0.39 is 12.0 Å². The maximum Gasteiger partial charge on any atom is 0.324 e. The molecule has 1 aromatic carbocycles. The Morgan fingerprint density at radius 3 is 2.69 bits per heavy atom. The molecule has 0 unspecified atom stereocenters. The molecular weight excluding hydrogens is 208 g/mol. The molecule has 0 saturated heterocycles. The minimum absolute atomic E-state index is 0.157. The summed E-state index contributed by atoms with van der Waals surface area (Å²) >= 11 is 0. The van der Waals surface area contributed by atoms with Crippen molar-refractivity contribution >= 4 is 5.97 Å². The lowest BCUT2D eigenvalue weighted by molar-refractivity contribution is -0.143. The predicted octanol–water partition coefficient (Wildman–Crippen LogP) is 0.329. The van der Waals surface area contributed by atoms with Gasteiger partial charge in [-0.05, 0) is 24.1 Å². The normalized spacial score (nSPS) is 11.5. The Morgan fingerprint density at radius 1 is 1.50 bits per heavy atom. The van der Waals surface area contributed by atoms with Crippen molar-refractivity contribution in [1.82, 2.24) is 0 Å². The van der Waals surface area contributed by atoms with E-state index in [1.165, 1.54) is 12.1 Å².